The lowest BCUT2D eigenvalue weighted by atomic mass is 10.2. The highest BCUT2D eigenvalue weighted by molar-refractivity contribution is 7.92. The van der Waals surface area contributed by atoms with Gasteiger partial charge in [0.05, 0.1) is 15.8 Å². The third-order valence-electron chi connectivity index (χ3n) is 3.02. The number of hydrogen-bond acceptors (Lipinski definition) is 4. The fourth-order valence-electron chi connectivity index (χ4n) is 2.12. The van der Waals surface area contributed by atoms with Crippen LogP contribution in [0.25, 0.3) is 0 Å². The Morgan fingerprint density at radius 1 is 1.47 bits per heavy atom. The van der Waals surface area contributed by atoms with Crippen molar-refractivity contribution >= 4 is 15.5 Å². The van der Waals surface area contributed by atoms with Gasteiger partial charge in [-0.25, -0.2) is 12.8 Å². The molecule has 2 unspecified atom stereocenters. The van der Waals surface area contributed by atoms with Crippen LogP contribution in [0, 0.1) is 5.82 Å². The second-order valence-electron chi connectivity index (χ2n) is 4.19. The van der Waals surface area contributed by atoms with E-state index >= 15 is 0 Å². The molecule has 0 saturated carbocycles. The molecule has 4 nitrogen and oxygen atoms in total. The molecule has 2 atom stereocenters. The smallest absolute Gasteiger partial charge is 0.186 e. The number of anilines is 1. The van der Waals surface area contributed by atoms with Crippen molar-refractivity contribution in [3.05, 3.63) is 24.0 Å². The van der Waals surface area contributed by atoms with Gasteiger partial charge in [0.25, 0.3) is 0 Å². The van der Waals surface area contributed by atoms with E-state index in [1.165, 1.54) is 18.2 Å². The van der Waals surface area contributed by atoms with Crippen molar-refractivity contribution in [2.75, 3.05) is 18.9 Å². The number of rotatable bonds is 2. The van der Waals surface area contributed by atoms with Crippen LogP contribution in [0.15, 0.2) is 23.1 Å². The van der Waals surface area contributed by atoms with Crippen molar-refractivity contribution in [1.82, 2.24) is 5.32 Å². The topological polar surface area (TPSA) is 58.2 Å². The fourth-order valence-corrected chi connectivity index (χ4v) is 4.15. The van der Waals surface area contributed by atoms with E-state index in [1.54, 1.807) is 14.0 Å². The molecule has 1 aromatic rings. The molecule has 0 amide bonds. The maximum atomic E-state index is 13.6. The number of halogens is 1. The van der Waals surface area contributed by atoms with Gasteiger partial charge < -0.3 is 10.6 Å². The van der Waals surface area contributed by atoms with E-state index in [-0.39, 0.29) is 16.6 Å². The summed E-state index contributed by atoms with van der Waals surface area (Å²) >= 11 is 0. The highest BCUT2D eigenvalue weighted by Gasteiger charge is 2.39. The molecule has 1 heterocycles. The Hall–Kier alpha value is -1.14. The Balaban J connectivity index is 2.58. The van der Waals surface area contributed by atoms with Crippen molar-refractivity contribution in [3.8, 4) is 0 Å². The van der Waals surface area contributed by atoms with E-state index in [9.17, 15) is 12.8 Å². The number of hydrogen-bond donors (Lipinski definition) is 2. The summed E-state index contributed by atoms with van der Waals surface area (Å²) in [6, 6.07) is 3.79. The standard InChI is InChI=1S/C11H15FN2O2S/c1-7-10(6-13-2)17(15,16)9-5-3-4-8(12)11(9)14-7/h3-5,7,10,13-14H,6H2,1-2H3. The van der Waals surface area contributed by atoms with Gasteiger partial charge in [0.15, 0.2) is 9.84 Å². The first-order valence-corrected chi connectivity index (χ1v) is 6.96. The minimum absolute atomic E-state index is 0.0517. The van der Waals surface area contributed by atoms with Crippen molar-refractivity contribution in [2.45, 2.75) is 23.1 Å². The normalized spacial score (nSPS) is 26.1. The second-order valence-corrected chi connectivity index (χ2v) is 6.32. The second kappa shape index (κ2) is 4.27. The monoisotopic (exact) mass is 258 g/mol. The lowest BCUT2D eigenvalue weighted by molar-refractivity contribution is 0.542. The Bertz CT molecular complexity index is 530. The van der Waals surface area contributed by atoms with E-state index < -0.39 is 20.9 Å². The van der Waals surface area contributed by atoms with E-state index in [2.05, 4.69) is 10.6 Å². The van der Waals surface area contributed by atoms with Crippen LogP contribution in [0.4, 0.5) is 10.1 Å². The number of benzene rings is 1. The van der Waals surface area contributed by atoms with E-state index in [0.29, 0.717) is 6.54 Å². The summed E-state index contributed by atoms with van der Waals surface area (Å²) in [5.74, 6) is -0.527. The van der Waals surface area contributed by atoms with E-state index in [1.807, 2.05) is 0 Å². The van der Waals surface area contributed by atoms with Gasteiger partial charge in [-0.15, -0.1) is 0 Å². The van der Waals surface area contributed by atoms with Crippen LogP contribution in [0.1, 0.15) is 6.92 Å². The molecule has 1 aliphatic rings. The first-order valence-electron chi connectivity index (χ1n) is 5.42. The maximum Gasteiger partial charge on any atom is 0.186 e. The minimum atomic E-state index is -3.48. The molecule has 0 bridgehead atoms. The summed E-state index contributed by atoms with van der Waals surface area (Å²) < 4.78 is 38.2. The average molecular weight is 258 g/mol. The Kier molecular flexibility index (Phi) is 3.09. The molecular formula is C11H15FN2O2S. The molecule has 2 N–H and O–H groups in total. The van der Waals surface area contributed by atoms with Crippen LogP contribution < -0.4 is 10.6 Å². The molecule has 17 heavy (non-hydrogen) atoms. The quantitative estimate of drug-likeness (QED) is 0.831. The lowest BCUT2D eigenvalue weighted by Crippen LogP contribution is -2.47. The predicted molar refractivity (Wildman–Crippen MR) is 64.4 cm³/mol. The molecule has 94 valence electrons. The molecule has 0 fully saturated rings. The highest BCUT2D eigenvalue weighted by Crippen LogP contribution is 2.34. The van der Waals surface area contributed by atoms with Crippen molar-refractivity contribution < 1.29 is 12.8 Å². The largest absolute Gasteiger partial charge is 0.378 e. The van der Waals surface area contributed by atoms with Crippen molar-refractivity contribution in [3.63, 3.8) is 0 Å². The molecule has 1 aliphatic heterocycles. The van der Waals surface area contributed by atoms with Gasteiger partial charge in [-0.1, -0.05) is 6.07 Å². The molecule has 0 radical (unpaired) electrons. The molecular weight excluding hydrogens is 243 g/mol. The number of sulfone groups is 1. The average Bonchev–Trinajstić information content (AvgIpc) is 2.26. The lowest BCUT2D eigenvalue weighted by Gasteiger charge is -2.32. The van der Waals surface area contributed by atoms with Gasteiger partial charge in [-0.05, 0) is 26.1 Å². The summed E-state index contributed by atoms with van der Waals surface area (Å²) in [4.78, 5) is 0.0517. The van der Waals surface area contributed by atoms with E-state index in [4.69, 9.17) is 0 Å². The Morgan fingerprint density at radius 3 is 2.82 bits per heavy atom. The van der Waals surface area contributed by atoms with Crippen LogP contribution in [0.5, 0.6) is 0 Å². The van der Waals surface area contributed by atoms with Gasteiger partial charge >= 0.3 is 0 Å². The molecule has 1 aromatic carbocycles. The molecule has 0 aromatic heterocycles. The summed E-state index contributed by atoms with van der Waals surface area (Å²) in [6.07, 6.45) is 0. The molecule has 6 heteroatoms. The zero-order chi connectivity index (χ0) is 12.6. The Labute approximate surface area is 100 Å². The maximum absolute atomic E-state index is 13.6. The van der Waals surface area contributed by atoms with Gasteiger partial charge in [-0.2, -0.15) is 0 Å². The number of para-hydroxylation sites is 1. The first-order chi connectivity index (χ1) is 7.98. The van der Waals surface area contributed by atoms with Gasteiger partial charge in [0.2, 0.25) is 0 Å². The van der Waals surface area contributed by atoms with E-state index in [0.717, 1.165) is 0 Å². The zero-order valence-corrected chi connectivity index (χ0v) is 10.5. The molecule has 0 aliphatic carbocycles. The summed E-state index contributed by atoms with van der Waals surface area (Å²) in [5.41, 5.74) is 0.0901. The van der Waals surface area contributed by atoms with Crippen LogP contribution in [0.3, 0.4) is 0 Å². The SMILES string of the molecule is CNCC1C(C)Nc2c(F)cccc2S1(=O)=O. The minimum Gasteiger partial charge on any atom is -0.378 e. The molecule has 0 saturated heterocycles. The summed E-state index contributed by atoms with van der Waals surface area (Å²) in [6.45, 7) is 2.08. The first kappa shape index (κ1) is 12.3. The van der Waals surface area contributed by atoms with Gasteiger partial charge in [0, 0.05) is 12.6 Å². The van der Waals surface area contributed by atoms with Gasteiger partial charge in [-0.3, -0.25) is 0 Å². The van der Waals surface area contributed by atoms with Crippen LogP contribution >= 0.6 is 0 Å². The predicted octanol–water partition coefficient (Wildman–Crippen LogP) is 1.00. The van der Waals surface area contributed by atoms with Gasteiger partial charge in [0.1, 0.15) is 5.82 Å². The Morgan fingerprint density at radius 2 is 2.18 bits per heavy atom. The van der Waals surface area contributed by atoms with Crippen molar-refractivity contribution in [2.24, 2.45) is 0 Å². The summed E-state index contributed by atoms with van der Waals surface area (Å²) in [7, 11) is -1.78. The number of fused-ring (bicyclic) bond motifs is 1. The van der Waals surface area contributed by atoms with Crippen LogP contribution in [-0.4, -0.2) is 33.3 Å². The number of nitrogens with one attached hydrogen (secondary N) is 2. The molecule has 0 spiro atoms. The van der Waals surface area contributed by atoms with Crippen LogP contribution in [0.2, 0.25) is 0 Å². The summed E-state index contributed by atoms with van der Waals surface area (Å²) in [5, 5.41) is 5.20. The third kappa shape index (κ3) is 1.91. The molecule has 2 rings (SSSR count). The van der Waals surface area contributed by atoms with Crippen LogP contribution in [-0.2, 0) is 9.84 Å². The third-order valence-corrected chi connectivity index (χ3v) is 5.34. The van der Waals surface area contributed by atoms with Crippen molar-refractivity contribution in [1.29, 1.82) is 0 Å². The zero-order valence-electron chi connectivity index (χ0n) is 9.70. The highest BCUT2D eigenvalue weighted by atomic mass is 32.2. The fraction of sp³-hybridized carbons (Fsp3) is 0.455.